The average Bonchev–Trinajstić information content (AvgIpc) is 3.05. The van der Waals surface area contributed by atoms with Crippen molar-refractivity contribution in [2.45, 2.75) is 25.4 Å². The molecule has 1 aromatic carbocycles. The zero-order valence-electron chi connectivity index (χ0n) is 13.1. The van der Waals surface area contributed by atoms with Crippen LogP contribution in [-0.4, -0.2) is 40.1 Å². The van der Waals surface area contributed by atoms with E-state index in [1.807, 2.05) is 41.8 Å². The maximum absolute atomic E-state index is 12.8. The highest BCUT2D eigenvalue weighted by molar-refractivity contribution is 7.10. The molecular formula is C18H16N2O3S. The summed E-state index contributed by atoms with van der Waals surface area (Å²) in [5.74, 6) is -0.831. The molecule has 2 aliphatic rings. The van der Waals surface area contributed by atoms with Crippen molar-refractivity contribution in [3.63, 3.8) is 0 Å². The molecule has 1 aromatic heterocycles. The Morgan fingerprint density at radius 3 is 2.62 bits per heavy atom. The van der Waals surface area contributed by atoms with Gasteiger partial charge in [-0.15, -0.1) is 11.3 Å². The number of nitrogens with zero attached hydrogens (tertiary/aromatic N) is 2. The van der Waals surface area contributed by atoms with Gasteiger partial charge in [0.1, 0.15) is 12.6 Å². The molecule has 6 heteroatoms. The zero-order chi connectivity index (χ0) is 16.8. The van der Waals surface area contributed by atoms with Gasteiger partial charge in [0, 0.05) is 18.2 Å². The van der Waals surface area contributed by atoms with Gasteiger partial charge in [-0.1, -0.05) is 30.3 Å². The van der Waals surface area contributed by atoms with E-state index < -0.39 is 6.04 Å². The lowest BCUT2D eigenvalue weighted by Crippen LogP contribution is -2.63. The third-order valence-electron chi connectivity index (χ3n) is 4.68. The van der Waals surface area contributed by atoms with E-state index in [4.69, 9.17) is 0 Å². The van der Waals surface area contributed by atoms with Crippen LogP contribution in [0.3, 0.4) is 0 Å². The minimum atomic E-state index is -0.609. The molecule has 5 nitrogen and oxygen atoms in total. The number of amides is 3. The topological polar surface area (TPSA) is 57.7 Å². The fourth-order valence-corrected chi connectivity index (χ4v) is 4.64. The van der Waals surface area contributed by atoms with Crippen molar-refractivity contribution in [1.29, 1.82) is 0 Å². The molecule has 0 aliphatic carbocycles. The van der Waals surface area contributed by atoms with E-state index in [9.17, 15) is 14.4 Å². The molecular weight excluding hydrogens is 324 g/mol. The first-order valence-corrected chi connectivity index (χ1v) is 8.70. The van der Waals surface area contributed by atoms with Crippen LogP contribution >= 0.6 is 11.3 Å². The van der Waals surface area contributed by atoms with Crippen LogP contribution in [0.2, 0.25) is 0 Å². The summed E-state index contributed by atoms with van der Waals surface area (Å²) in [5, 5.41) is 2.00. The average molecular weight is 340 g/mol. The first-order valence-electron chi connectivity index (χ1n) is 7.82. The largest absolute Gasteiger partial charge is 0.317 e. The minimum absolute atomic E-state index is 0.172. The summed E-state index contributed by atoms with van der Waals surface area (Å²) in [6.45, 7) is 1.16. The second-order valence-corrected chi connectivity index (χ2v) is 7.04. The summed E-state index contributed by atoms with van der Waals surface area (Å²) in [5.41, 5.74) is 2.07. The smallest absolute Gasteiger partial charge is 0.252 e. The molecule has 1 fully saturated rings. The molecule has 0 unspecified atom stereocenters. The summed E-state index contributed by atoms with van der Waals surface area (Å²) in [6, 6.07) is 10.9. The summed E-state index contributed by atoms with van der Waals surface area (Å²) in [4.78, 5) is 41.1. The van der Waals surface area contributed by atoms with Gasteiger partial charge >= 0.3 is 0 Å². The van der Waals surface area contributed by atoms with Gasteiger partial charge in [0.2, 0.25) is 11.8 Å². The van der Waals surface area contributed by atoms with E-state index in [-0.39, 0.29) is 30.3 Å². The van der Waals surface area contributed by atoms with Gasteiger partial charge in [0.05, 0.1) is 6.04 Å². The van der Waals surface area contributed by atoms with Gasteiger partial charge in [-0.05, 0) is 22.6 Å². The normalized spacial score (nSPS) is 23.0. The van der Waals surface area contributed by atoms with Crippen LogP contribution in [0.15, 0.2) is 41.8 Å². The molecule has 2 atom stereocenters. The number of thiophene rings is 1. The fraction of sp³-hybridized carbons (Fsp3) is 0.278. The summed E-state index contributed by atoms with van der Waals surface area (Å²) in [6.07, 6.45) is 0.469. The Hall–Kier alpha value is -2.47. The molecule has 0 spiro atoms. The Bertz CT molecular complexity index is 830. The van der Waals surface area contributed by atoms with Crippen molar-refractivity contribution in [2.75, 3.05) is 6.54 Å². The third kappa shape index (κ3) is 2.17. The van der Waals surface area contributed by atoms with E-state index in [0.29, 0.717) is 6.42 Å². The lowest BCUT2D eigenvalue weighted by Gasteiger charge is -2.46. The molecule has 0 bridgehead atoms. The fourth-order valence-electron chi connectivity index (χ4n) is 3.58. The van der Waals surface area contributed by atoms with Crippen molar-refractivity contribution in [2.24, 2.45) is 0 Å². The van der Waals surface area contributed by atoms with Gasteiger partial charge < -0.3 is 4.90 Å². The summed E-state index contributed by atoms with van der Waals surface area (Å²) < 4.78 is 0. The second-order valence-electron chi connectivity index (χ2n) is 6.09. The quantitative estimate of drug-likeness (QED) is 0.798. The number of hydrogen-bond donors (Lipinski definition) is 0. The van der Waals surface area contributed by atoms with Crippen molar-refractivity contribution in [3.05, 3.63) is 57.8 Å². The first-order chi connectivity index (χ1) is 11.6. The van der Waals surface area contributed by atoms with Gasteiger partial charge in [0.15, 0.2) is 0 Å². The maximum Gasteiger partial charge on any atom is 0.252 e. The summed E-state index contributed by atoms with van der Waals surface area (Å²) >= 11 is 1.61. The number of benzene rings is 1. The highest BCUT2D eigenvalue weighted by Crippen LogP contribution is 2.42. The van der Waals surface area contributed by atoms with Gasteiger partial charge in [-0.3, -0.25) is 19.3 Å². The van der Waals surface area contributed by atoms with E-state index in [1.54, 1.807) is 16.2 Å². The van der Waals surface area contributed by atoms with Crippen LogP contribution < -0.4 is 0 Å². The number of rotatable bonds is 1. The number of piperazine rings is 1. The molecule has 3 heterocycles. The van der Waals surface area contributed by atoms with Gasteiger partial charge in [-0.2, -0.15) is 0 Å². The molecule has 24 heavy (non-hydrogen) atoms. The lowest BCUT2D eigenvalue weighted by molar-refractivity contribution is -0.163. The molecule has 2 aromatic rings. The van der Waals surface area contributed by atoms with Crippen LogP contribution in [-0.2, 0) is 20.8 Å². The highest BCUT2D eigenvalue weighted by atomic mass is 32.1. The van der Waals surface area contributed by atoms with Crippen molar-refractivity contribution < 1.29 is 14.4 Å². The van der Waals surface area contributed by atoms with Crippen molar-refractivity contribution in [3.8, 4) is 0 Å². The SMILES string of the molecule is CC(=O)N1CC(=O)N2[C@H](c3ccccc3)c3sccc3C[C@H]2C1=O. The van der Waals surface area contributed by atoms with Gasteiger partial charge in [-0.25, -0.2) is 0 Å². The molecule has 0 radical (unpaired) electrons. The van der Waals surface area contributed by atoms with Crippen LogP contribution in [0.5, 0.6) is 0 Å². The zero-order valence-corrected chi connectivity index (χ0v) is 14.0. The predicted molar refractivity (Wildman–Crippen MR) is 89.3 cm³/mol. The van der Waals surface area contributed by atoms with Gasteiger partial charge in [0.25, 0.3) is 5.91 Å². The molecule has 2 aliphatic heterocycles. The lowest BCUT2D eigenvalue weighted by atomic mass is 9.88. The van der Waals surface area contributed by atoms with Crippen LogP contribution in [0.25, 0.3) is 0 Å². The molecule has 1 saturated heterocycles. The molecule has 4 rings (SSSR count). The number of hydrogen-bond acceptors (Lipinski definition) is 4. The number of carbonyl (C=O) groups excluding carboxylic acids is 3. The molecule has 3 amide bonds. The third-order valence-corrected chi connectivity index (χ3v) is 5.70. The molecule has 0 N–H and O–H groups in total. The van der Waals surface area contributed by atoms with E-state index in [0.717, 1.165) is 20.9 Å². The Kier molecular flexibility index (Phi) is 3.49. The highest BCUT2D eigenvalue weighted by Gasteiger charge is 2.48. The van der Waals surface area contributed by atoms with E-state index in [1.165, 1.54) is 6.92 Å². The number of fused-ring (bicyclic) bond motifs is 2. The van der Waals surface area contributed by atoms with Crippen molar-refractivity contribution in [1.82, 2.24) is 9.80 Å². The van der Waals surface area contributed by atoms with Crippen molar-refractivity contribution >= 4 is 29.1 Å². The van der Waals surface area contributed by atoms with E-state index in [2.05, 4.69) is 0 Å². The molecule has 122 valence electrons. The maximum atomic E-state index is 12.8. The molecule has 0 saturated carbocycles. The monoisotopic (exact) mass is 340 g/mol. The minimum Gasteiger partial charge on any atom is -0.317 e. The van der Waals surface area contributed by atoms with Crippen LogP contribution in [0.4, 0.5) is 0 Å². The standard InChI is InChI=1S/C18H16N2O3S/c1-11(21)19-10-15(22)20-14(18(19)23)9-13-7-8-24-17(13)16(20)12-5-3-2-4-6-12/h2-8,14,16H,9-10H2,1H3/t14-,16+/m0/s1. The van der Waals surface area contributed by atoms with Crippen LogP contribution in [0.1, 0.15) is 29.0 Å². The Morgan fingerprint density at radius 1 is 1.17 bits per heavy atom. The summed E-state index contributed by atoms with van der Waals surface area (Å²) in [7, 11) is 0. The van der Waals surface area contributed by atoms with Crippen LogP contribution in [0, 0.1) is 0 Å². The Morgan fingerprint density at radius 2 is 1.92 bits per heavy atom. The number of imide groups is 1. The van der Waals surface area contributed by atoms with E-state index >= 15 is 0 Å². The predicted octanol–water partition coefficient (Wildman–Crippen LogP) is 1.98. The number of carbonyl (C=O) groups is 3. The first kappa shape index (κ1) is 15.1. The Balaban J connectivity index is 1.84. The Labute approximate surface area is 143 Å². The second kappa shape index (κ2) is 5.56.